The second kappa shape index (κ2) is 9.26. The molecule has 0 bridgehead atoms. The minimum absolute atomic E-state index is 0.0516. The van der Waals surface area contributed by atoms with Gasteiger partial charge in [-0.05, 0) is 52.4 Å². The average molecular weight is 240 g/mol. The van der Waals surface area contributed by atoms with Crippen molar-refractivity contribution in [3.63, 3.8) is 0 Å². The maximum Gasteiger partial charge on any atom is 0.306 e. The number of hydrogen-bond acceptors (Lipinski definition) is 2. The van der Waals surface area contributed by atoms with Crippen LogP contribution < -0.4 is 0 Å². The molecule has 0 aliphatic heterocycles. The minimum Gasteiger partial charge on any atom is -0.463 e. The standard InChI is InChI=1S/C15H28O2/c1-6-8-15(16)17-14(5)11-13(4)10-7-9-12(2)3/h9,13-14H,6-8,10-11H2,1-5H3. The van der Waals surface area contributed by atoms with Gasteiger partial charge in [-0.15, -0.1) is 0 Å². The molecule has 0 rings (SSSR count). The van der Waals surface area contributed by atoms with Gasteiger partial charge in [0.05, 0.1) is 6.10 Å². The van der Waals surface area contributed by atoms with Crippen LogP contribution in [0.5, 0.6) is 0 Å². The van der Waals surface area contributed by atoms with Gasteiger partial charge in [0, 0.05) is 6.42 Å². The number of hydrogen-bond donors (Lipinski definition) is 0. The molecule has 0 spiro atoms. The highest BCUT2D eigenvalue weighted by Gasteiger charge is 2.12. The van der Waals surface area contributed by atoms with Crippen molar-refractivity contribution in [1.29, 1.82) is 0 Å². The van der Waals surface area contributed by atoms with E-state index in [0.29, 0.717) is 12.3 Å². The smallest absolute Gasteiger partial charge is 0.306 e. The lowest BCUT2D eigenvalue weighted by atomic mass is 9.98. The first kappa shape index (κ1) is 16.2. The van der Waals surface area contributed by atoms with E-state index < -0.39 is 0 Å². The van der Waals surface area contributed by atoms with Gasteiger partial charge >= 0.3 is 5.97 Å². The molecule has 2 nitrogen and oxygen atoms in total. The second-order valence-corrected chi connectivity index (χ2v) is 5.25. The quantitative estimate of drug-likeness (QED) is 0.461. The van der Waals surface area contributed by atoms with Crippen molar-refractivity contribution in [2.45, 2.75) is 72.8 Å². The summed E-state index contributed by atoms with van der Waals surface area (Å²) in [6.07, 6.45) is 6.98. The van der Waals surface area contributed by atoms with E-state index in [9.17, 15) is 4.79 Å². The summed E-state index contributed by atoms with van der Waals surface area (Å²) in [5.41, 5.74) is 1.37. The van der Waals surface area contributed by atoms with Gasteiger partial charge < -0.3 is 4.74 Å². The zero-order valence-electron chi connectivity index (χ0n) is 12.1. The Kier molecular flexibility index (Phi) is 8.83. The summed E-state index contributed by atoms with van der Waals surface area (Å²) in [4.78, 5) is 11.3. The third-order valence-electron chi connectivity index (χ3n) is 2.73. The number of carbonyl (C=O) groups excluding carboxylic acids is 1. The Bertz CT molecular complexity index is 239. The number of allylic oxidation sites excluding steroid dienone is 2. The first-order chi connectivity index (χ1) is 7.95. The molecule has 0 aromatic rings. The van der Waals surface area contributed by atoms with Gasteiger partial charge in [-0.1, -0.05) is 25.5 Å². The van der Waals surface area contributed by atoms with Crippen LogP contribution in [-0.2, 0) is 9.53 Å². The van der Waals surface area contributed by atoms with Crippen molar-refractivity contribution in [3.8, 4) is 0 Å². The van der Waals surface area contributed by atoms with Crippen LogP contribution in [0.2, 0.25) is 0 Å². The van der Waals surface area contributed by atoms with E-state index in [0.717, 1.165) is 19.3 Å². The molecule has 2 unspecified atom stereocenters. The topological polar surface area (TPSA) is 26.3 Å². The van der Waals surface area contributed by atoms with Crippen LogP contribution in [0.3, 0.4) is 0 Å². The van der Waals surface area contributed by atoms with Crippen LogP contribution in [0.15, 0.2) is 11.6 Å². The highest BCUT2D eigenvalue weighted by molar-refractivity contribution is 5.69. The lowest BCUT2D eigenvalue weighted by Gasteiger charge is -2.17. The molecule has 100 valence electrons. The molecule has 0 amide bonds. The number of rotatable bonds is 8. The van der Waals surface area contributed by atoms with Gasteiger partial charge in [0.2, 0.25) is 0 Å². The summed E-state index contributed by atoms with van der Waals surface area (Å²) in [6, 6.07) is 0. The van der Waals surface area contributed by atoms with Gasteiger partial charge in [-0.3, -0.25) is 4.79 Å². The molecule has 0 saturated heterocycles. The van der Waals surface area contributed by atoms with Crippen LogP contribution in [0, 0.1) is 5.92 Å². The third-order valence-corrected chi connectivity index (χ3v) is 2.73. The van der Waals surface area contributed by atoms with Gasteiger partial charge in [-0.2, -0.15) is 0 Å². The summed E-state index contributed by atoms with van der Waals surface area (Å²) in [6.45, 7) is 10.5. The van der Waals surface area contributed by atoms with Gasteiger partial charge in [0.25, 0.3) is 0 Å². The van der Waals surface area contributed by atoms with Crippen molar-refractivity contribution in [1.82, 2.24) is 0 Å². The van der Waals surface area contributed by atoms with E-state index in [4.69, 9.17) is 4.74 Å². The molecule has 0 radical (unpaired) electrons. The molecule has 0 aromatic heterocycles. The summed E-state index contributed by atoms with van der Waals surface area (Å²) < 4.78 is 5.33. The molecule has 2 heteroatoms. The Balaban J connectivity index is 3.75. The molecule has 0 heterocycles. The Morgan fingerprint density at radius 2 is 1.94 bits per heavy atom. The molecule has 0 fully saturated rings. The average Bonchev–Trinajstić information content (AvgIpc) is 2.16. The molecular weight excluding hydrogens is 212 g/mol. The monoisotopic (exact) mass is 240 g/mol. The molecule has 2 atom stereocenters. The lowest BCUT2D eigenvalue weighted by Crippen LogP contribution is -2.17. The first-order valence-electron chi connectivity index (χ1n) is 6.78. The van der Waals surface area contributed by atoms with Gasteiger partial charge in [0.15, 0.2) is 0 Å². The fourth-order valence-corrected chi connectivity index (χ4v) is 1.88. The van der Waals surface area contributed by atoms with Crippen molar-refractivity contribution >= 4 is 5.97 Å². The van der Waals surface area contributed by atoms with Crippen LogP contribution in [0.25, 0.3) is 0 Å². The fourth-order valence-electron chi connectivity index (χ4n) is 1.88. The number of ether oxygens (including phenoxy) is 1. The zero-order chi connectivity index (χ0) is 13.3. The summed E-state index contributed by atoms with van der Waals surface area (Å²) >= 11 is 0. The number of carbonyl (C=O) groups is 1. The maximum absolute atomic E-state index is 11.3. The van der Waals surface area contributed by atoms with Crippen LogP contribution in [0.4, 0.5) is 0 Å². The highest BCUT2D eigenvalue weighted by Crippen LogP contribution is 2.16. The predicted octanol–water partition coefficient (Wildman–Crippen LogP) is 4.49. The minimum atomic E-state index is -0.0588. The molecule has 0 N–H and O–H groups in total. The molecule has 0 saturated carbocycles. The first-order valence-corrected chi connectivity index (χ1v) is 6.78. The Morgan fingerprint density at radius 3 is 2.47 bits per heavy atom. The lowest BCUT2D eigenvalue weighted by molar-refractivity contribution is -0.148. The number of esters is 1. The molecule has 0 aliphatic rings. The third kappa shape index (κ3) is 10.1. The molecule has 0 aromatic carbocycles. The second-order valence-electron chi connectivity index (χ2n) is 5.25. The summed E-state index contributed by atoms with van der Waals surface area (Å²) in [5.74, 6) is 0.548. The van der Waals surface area contributed by atoms with E-state index in [1.807, 2.05) is 13.8 Å². The van der Waals surface area contributed by atoms with Crippen molar-refractivity contribution in [2.75, 3.05) is 0 Å². The molecular formula is C15H28O2. The van der Waals surface area contributed by atoms with E-state index in [1.165, 1.54) is 12.0 Å². The van der Waals surface area contributed by atoms with E-state index in [2.05, 4.69) is 26.8 Å². The normalized spacial score (nSPS) is 13.9. The van der Waals surface area contributed by atoms with Gasteiger partial charge in [0.1, 0.15) is 0 Å². The fraction of sp³-hybridized carbons (Fsp3) is 0.800. The van der Waals surface area contributed by atoms with Crippen molar-refractivity contribution < 1.29 is 9.53 Å². The van der Waals surface area contributed by atoms with Crippen LogP contribution >= 0.6 is 0 Å². The summed E-state index contributed by atoms with van der Waals surface area (Å²) in [7, 11) is 0. The SMILES string of the molecule is CCCC(=O)OC(C)CC(C)CCC=C(C)C. The van der Waals surface area contributed by atoms with Crippen molar-refractivity contribution in [3.05, 3.63) is 11.6 Å². The van der Waals surface area contributed by atoms with Gasteiger partial charge in [-0.25, -0.2) is 0 Å². The summed E-state index contributed by atoms with van der Waals surface area (Å²) in [5, 5.41) is 0. The van der Waals surface area contributed by atoms with Crippen LogP contribution in [-0.4, -0.2) is 12.1 Å². The Hall–Kier alpha value is -0.790. The molecule has 17 heavy (non-hydrogen) atoms. The van der Waals surface area contributed by atoms with E-state index in [-0.39, 0.29) is 12.1 Å². The predicted molar refractivity (Wildman–Crippen MR) is 72.9 cm³/mol. The van der Waals surface area contributed by atoms with E-state index in [1.54, 1.807) is 0 Å². The largest absolute Gasteiger partial charge is 0.463 e. The highest BCUT2D eigenvalue weighted by atomic mass is 16.5. The van der Waals surface area contributed by atoms with E-state index >= 15 is 0 Å². The Labute approximate surface area is 106 Å². The molecule has 0 aliphatic carbocycles. The van der Waals surface area contributed by atoms with Crippen molar-refractivity contribution in [2.24, 2.45) is 5.92 Å². The van der Waals surface area contributed by atoms with Crippen LogP contribution in [0.1, 0.15) is 66.7 Å². The zero-order valence-corrected chi connectivity index (χ0v) is 12.1. The Morgan fingerprint density at radius 1 is 1.29 bits per heavy atom. The maximum atomic E-state index is 11.3.